The van der Waals surface area contributed by atoms with E-state index in [4.69, 9.17) is 5.73 Å². The standard InChI is InChI=1S/C13H12N4/c1-9-6-10-4-2-3-5-12(10)16-13(9)17-8-11(14)7-15-17/h2-8H,14H2,1H3. The van der Waals surface area contributed by atoms with Crippen molar-refractivity contribution in [1.29, 1.82) is 0 Å². The fourth-order valence-electron chi connectivity index (χ4n) is 1.90. The second-order valence-corrected chi connectivity index (χ2v) is 4.04. The van der Waals surface area contributed by atoms with Gasteiger partial charge in [-0.2, -0.15) is 5.10 Å². The summed E-state index contributed by atoms with van der Waals surface area (Å²) in [7, 11) is 0. The molecule has 2 N–H and O–H groups in total. The molecule has 17 heavy (non-hydrogen) atoms. The molecule has 0 amide bonds. The van der Waals surface area contributed by atoms with Crippen LogP contribution in [0.1, 0.15) is 5.56 Å². The maximum Gasteiger partial charge on any atom is 0.156 e. The lowest BCUT2D eigenvalue weighted by Gasteiger charge is -2.06. The van der Waals surface area contributed by atoms with E-state index in [0.717, 1.165) is 22.3 Å². The minimum absolute atomic E-state index is 0.638. The maximum absolute atomic E-state index is 5.67. The molecule has 0 atom stereocenters. The number of pyridine rings is 1. The van der Waals surface area contributed by atoms with Crippen LogP contribution >= 0.6 is 0 Å². The Kier molecular flexibility index (Phi) is 2.08. The summed E-state index contributed by atoms with van der Waals surface area (Å²) in [6, 6.07) is 10.1. The number of nitrogens with zero attached hydrogens (tertiary/aromatic N) is 3. The Bertz CT molecular complexity index is 685. The van der Waals surface area contributed by atoms with Gasteiger partial charge in [0.15, 0.2) is 5.82 Å². The van der Waals surface area contributed by atoms with Crippen molar-refractivity contribution in [2.75, 3.05) is 5.73 Å². The van der Waals surface area contributed by atoms with E-state index in [0.29, 0.717) is 5.69 Å². The topological polar surface area (TPSA) is 56.7 Å². The Morgan fingerprint density at radius 1 is 1.24 bits per heavy atom. The van der Waals surface area contributed by atoms with Crippen LogP contribution in [-0.4, -0.2) is 14.8 Å². The van der Waals surface area contributed by atoms with Crippen LogP contribution in [0.2, 0.25) is 0 Å². The van der Waals surface area contributed by atoms with Gasteiger partial charge in [-0.05, 0) is 24.6 Å². The van der Waals surface area contributed by atoms with Gasteiger partial charge in [0.2, 0.25) is 0 Å². The molecular formula is C13H12N4. The number of nitrogen functional groups attached to an aromatic ring is 1. The third-order valence-electron chi connectivity index (χ3n) is 2.71. The first-order valence-electron chi connectivity index (χ1n) is 5.41. The molecule has 3 rings (SSSR count). The van der Waals surface area contributed by atoms with Crippen molar-refractivity contribution in [1.82, 2.24) is 14.8 Å². The molecule has 1 aromatic carbocycles. The van der Waals surface area contributed by atoms with Crippen molar-refractivity contribution >= 4 is 16.6 Å². The molecule has 0 radical (unpaired) electrons. The van der Waals surface area contributed by atoms with Gasteiger partial charge in [-0.3, -0.25) is 0 Å². The third kappa shape index (κ3) is 1.63. The van der Waals surface area contributed by atoms with Gasteiger partial charge in [0, 0.05) is 5.39 Å². The molecule has 0 fully saturated rings. The highest BCUT2D eigenvalue weighted by Crippen LogP contribution is 2.19. The molecule has 2 heterocycles. The first-order chi connectivity index (χ1) is 8.24. The molecule has 0 unspecified atom stereocenters. The summed E-state index contributed by atoms with van der Waals surface area (Å²) in [5, 5.41) is 5.32. The van der Waals surface area contributed by atoms with Crippen LogP contribution in [-0.2, 0) is 0 Å². The largest absolute Gasteiger partial charge is 0.396 e. The summed E-state index contributed by atoms with van der Waals surface area (Å²) in [4.78, 5) is 4.60. The molecular weight excluding hydrogens is 212 g/mol. The lowest BCUT2D eigenvalue weighted by atomic mass is 10.1. The third-order valence-corrected chi connectivity index (χ3v) is 2.71. The summed E-state index contributed by atoms with van der Waals surface area (Å²) in [5.41, 5.74) is 8.34. The molecule has 0 spiro atoms. The zero-order valence-corrected chi connectivity index (χ0v) is 9.46. The number of aryl methyl sites for hydroxylation is 1. The van der Waals surface area contributed by atoms with Crippen molar-refractivity contribution in [2.45, 2.75) is 6.92 Å². The van der Waals surface area contributed by atoms with Gasteiger partial charge in [0.25, 0.3) is 0 Å². The number of hydrogen-bond acceptors (Lipinski definition) is 3. The number of benzene rings is 1. The maximum atomic E-state index is 5.67. The highest BCUT2D eigenvalue weighted by molar-refractivity contribution is 5.80. The smallest absolute Gasteiger partial charge is 0.156 e. The number of rotatable bonds is 1. The Morgan fingerprint density at radius 3 is 2.82 bits per heavy atom. The van der Waals surface area contributed by atoms with Gasteiger partial charge in [-0.25, -0.2) is 9.67 Å². The van der Waals surface area contributed by atoms with Crippen LogP contribution in [0.3, 0.4) is 0 Å². The van der Waals surface area contributed by atoms with Crippen LogP contribution < -0.4 is 5.73 Å². The Labute approximate surface area is 98.7 Å². The first kappa shape index (κ1) is 9.84. The van der Waals surface area contributed by atoms with Gasteiger partial charge in [0.05, 0.1) is 23.6 Å². The lowest BCUT2D eigenvalue weighted by molar-refractivity contribution is 0.844. The van der Waals surface area contributed by atoms with Gasteiger partial charge >= 0.3 is 0 Å². The van der Waals surface area contributed by atoms with Gasteiger partial charge in [0.1, 0.15) is 0 Å². The molecule has 2 aromatic heterocycles. The number of para-hydroxylation sites is 1. The molecule has 0 aliphatic heterocycles. The van der Waals surface area contributed by atoms with Crippen LogP contribution in [0.25, 0.3) is 16.7 Å². The second kappa shape index (κ2) is 3.59. The van der Waals surface area contributed by atoms with E-state index in [-0.39, 0.29) is 0 Å². The fourth-order valence-corrected chi connectivity index (χ4v) is 1.90. The van der Waals surface area contributed by atoms with Crippen LogP contribution in [0.5, 0.6) is 0 Å². The van der Waals surface area contributed by atoms with E-state index in [1.165, 1.54) is 0 Å². The van der Waals surface area contributed by atoms with E-state index in [1.54, 1.807) is 17.1 Å². The van der Waals surface area contributed by atoms with E-state index in [9.17, 15) is 0 Å². The minimum atomic E-state index is 0.638. The summed E-state index contributed by atoms with van der Waals surface area (Å²) >= 11 is 0. The molecule has 3 aromatic rings. The number of nitrogens with two attached hydrogens (primary N) is 1. The van der Waals surface area contributed by atoms with E-state index in [2.05, 4.69) is 22.2 Å². The van der Waals surface area contributed by atoms with Gasteiger partial charge in [-0.15, -0.1) is 0 Å². The van der Waals surface area contributed by atoms with Crippen molar-refractivity contribution in [3.8, 4) is 5.82 Å². The first-order valence-corrected chi connectivity index (χ1v) is 5.41. The zero-order chi connectivity index (χ0) is 11.8. The van der Waals surface area contributed by atoms with E-state index in [1.807, 2.05) is 25.1 Å². The van der Waals surface area contributed by atoms with Crippen LogP contribution in [0, 0.1) is 6.92 Å². The van der Waals surface area contributed by atoms with Crippen molar-refractivity contribution in [3.05, 3.63) is 48.3 Å². The van der Waals surface area contributed by atoms with Crippen molar-refractivity contribution in [3.63, 3.8) is 0 Å². The predicted octanol–water partition coefficient (Wildman–Crippen LogP) is 2.31. The highest BCUT2D eigenvalue weighted by atomic mass is 15.3. The summed E-state index contributed by atoms with van der Waals surface area (Å²) in [6.45, 7) is 2.02. The number of aromatic nitrogens is 3. The summed E-state index contributed by atoms with van der Waals surface area (Å²) < 4.78 is 1.71. The normalized spacial score (nSPS) is 10.9. The molecule has 0 aliphatic carbocycles. The fraction of sp³-hybridized carbons (Fsp3) is 0.0769. The lowest BCUT2D eigenvalue weighted by Crippen LogP contribution is -2.01. The Hall–Kier alpha value is -2.36. The van der Waals surface area contributed by atoms with E-state index >= 15 is 0 Å². The Balaban J connectivity index is 2.26. The summed E-state index contributed by atoms with van der Waals surface area (Å²) in [5.74, 6) is 0.820. The SMILES string of the molecule is Cc1cc2ccccc2nc1-n1cc(N)cn1. The predicted molar refractivity (Wildman–Crippen MR) is 68.0 cm³/mol. The minimum Gasteiger partial charge on any atom is -0.396 e. The molecule has 84 valence electrons. The Morgan fingerprint density at radius 2 is 2.06 bits per heavy atom. The molecule has 0 saturated carbocycles. The number of fused-ring (bicyclic) bond motifs is 1. The van der Waals surface area contributed by atoms with Gasteiger partial charge < -0.3 is 5.73 Å². The molecule has 0 aliphatic rings. The zero-order valence-electron chi connectivity index (χ0n) is 9.46. The quantitative estimate of drug-likeness (QED) is 0.690. The van der Waals surface area contributed by atoms with Crippen molar-refractivity contribution < 1.29 is 0 Å². The monoisotopic (exact) mass is 224 g/mol. The van der Waals surface area contributed by atoms with Crippen molar-refractivity contribution in [2.24, 2.45) is 0 Å². The van der Waals surface area contributed by atoms with Gasteiger partial charge in [-0.1, -0.05) is 18.2 Å². The second-order valence-electron chi connectivity index (χ2n) is 4.04. The van der Waals surface area contributed by atoms with E-state index < -0.39 is 0 Å². The number of anilines is 1. The summed E-state index contributed by atoms with van der Waals surface area (Å²) in [6.07, 6.45) is 3.39. The van der Waals surface area contributed by atoms with Crippen LogP contribution in [0.4, 0.5) is 5.69 Å². The molecule has 0 bridgehead atoms. The average Bonchev–Trinajstić information content (AvgIpc) is 2.75. The molecule has 4 heteroatoms. The highest BCUT2D eigenvalue weighted by Gasteiger charge is 2.06. The van der Waals surface area contributed by atoms with Crippen LogP contribution in [0.15, 0.2) is 42.7 Å². The average molecular weight is 224 g/mol. The number of hydrogen-bond donors (Lipinski definition) is 1. The molecule has 4 nitrogen and oxygen atoms in total. The molecule has 0 saturated heterocycles.